The highest BCUT2D eigenvalue weighted by molar-refractivity contribution is 7.47. The fraction of sp³-hybridized carbons (Fsp3) is 0.797. The average Bonchev–Trinajstić information content (AvgIpc) is 3.41. The zero-order valence-corrected chi connectivity index (χ0v) is 53.5. The molecule has 0 aromatic heterocycles. The lowest BCUT2D eigenvalue weighted by Gasteiger charge is -2.27. The minimum Gasteiger partial charge on any atom is -0.456 e. The van der Waals surface area contributed by atoms with Gasteiger partial charge in [0, 0.05) is 12.8 Å². The second-order valence-corrected chi connectivity index (χ2v) is 25.1. The number of amides is 1. The Hall–Kier alpha value is -2.55. The molecule has 79 heavy (non-hydrogen) atoms. The van der Waals surface area contributed by atoms with Crippen molar-refractivity contribution in [3.63, 3.8) is 0 Å². The third kappa shape index (κ3) is 59.9. The molecule has 0 aromatic rings. The van der Waals surface area contributed by atoms with E-state index in [4.69, 9.17) is 13.8 Å². The summed E-state index contributed by atoms with van der Waals surface area (Å²) in [5, 5.41) is 3.04. The zero-order valence-electron chi connectivity index (χ0n) is 52.6. The standard InChI is InChI=1S/C69H127N2O7P/c1-7-10-13-16-19-22-25-27-29-31-33-34-35-36-38-40-42-44-47-50-53-56-59-62-69(73)78-67(60-57-54-51-48-45-24-21-18-15-12-9-3)66(65-77-79(74,75)76-64-63-71(4,5)6)70-68(72)61-58-55-52-49-46-43-41-39-37-32-30-28-26-23-20-17-14-11-8-2/h20,23,27-30,37,39,43,46,57,60,66-67H,7-19,21-22,24-26,31-36,38,40-42,44-45,47-56,58-59,61-65H2,1-6H3,(H-,70,72,74,75)/p+1/b23-20-,29-27+,30-28-,39-37-,46-43-,60-57+. The number of rotatable bonds is 60. The maximum Gasteiger partial charge on any atom is 0.472 e. The van der Waals surface area contributed by atoms with Crippen molar-refractivity contribution in [1.29, 1.82) is 0 Å². The van der Waals surface area contributed by atoms with E-state index in [1.807, 2.05) is 33.3 Å². The fourth-order valence-corrected chi connectivity index (χ4v) is 10.2. The monoisotopic (exact) mass is 1130 g/mol. The quantitative estimate of drug-likeness (QED) is 0.0205. The van der Waals surface area contributed by atoms with Gasteiger partial charge in [-0.15, -0.1) is 0 Å². The molecule has 3 unspecified atom stereocenters. The Balaban J connectivity index is 5.16. The third-order valence-electron chi connectivity index (χ3n) is 14.6. The van der Waals surface area contributed by atoms with Crippen LogP contribution in [0.3, 0.4) is 0 Å². The maximum absolute atomic E-state index is 13.5. The molecule has 0 spiro atoms. The van der Waals surface area contributed by atoms with Gasteiger partial charge in [-0.2, -0.15) is 0 Å². The van der Waals surface area contributed by atoms with Crippen molar-refractivity contribution in [3.8, 4) is 0 Å². The highest BCUT2D eigenvalue weighted by Gasteiger charge is 2.30. The zero-order chi connectivity index (χ0) is 57.9. The van der Waals surface area contributed by atoms with Crippen LogP contribution in [0.1, 0.15) is 303 Å². The Kier molecular flexibility index (Phi) is 56.7. The largest absolute Gasteiger partial charge is 0.472 e. The Bertz CT molecular complexity index is 1580. The number of carbonyl (C=O) groups is 2. The van der Waals surface area contributed by atoms with Crippen LogP contribution in [0.2, 0.25) is 0 Å². The van der Waals surface area contributed by atoms with Crippen LogP contribution in [-0.2, 0) is 27.9 Å². The topological polar surface area (TPSA) is 111 Å². The van der Waals surface area contributed by atoms with E-state index in [1.165, 1.54) is 186 Å². The molecule has 3 atom stereocenters. The molecule has 0 aliphatic rings. The number of likely N-dealkylation sites (N-methyl/N-ethyl adjacent to an activating group) is 1. The van der Waals surface area contributed by atoms with Gasteiger partial charge in [0.25, 0.3) is 0 Å². The number of hydrogen-bond acceptors (Lipinski definition) is 6. The third-order valence-corrected chi connectivity index (χ3v) is 15.6. The second kappa shape index (κ2) is 58.6. The number of carbonyl (C=O) groups excluding carboxylic acids is 2. The molecule has 0 aromatic carbocycles. The number of unbranched alkanes of at least 4 members (excludes halogenated alkanes) is 34. The van der Waals surface area contributed by atoms with E-state index >= 15 is 0 Å². The number of allylic oxidation sites excluding steroid dienone is 11. The number of phosphoric acid groups is 1. The molecule has 0 aliphatic heterocycles. The number of ether oxygens (including phenoxy) is 1. The van der Waals surface area contributed by atoms with Gasteiger partial charge in [0.1, 0.15) is 19.3 Å². The van der Waals surface area contributed by atoms with Crippen molar-refractivity contribution in [2.24, 2.45) is 0 Å². The molecule has 0 bridgehead atoms. The van der Waals surface area contributed by atoms with Crippen molar-refractivity contribution in [3.05, 3.63) is 72.9 Å². The summed E-state index contributed by atoms with van der Waals surface area (Å²) in [4.78, 5) is 37.8. The lowest BCUT2D eigenvalue weighted by molar-refractivity contribution is -0.870. The molecular formula is C69H128N2O7P+. The summed E-state index contributed by atoms with van der Waals surface area (Å²) >= 11 is 0. The molecule has 2 N–H and O–H groups in total. The Morgan fingerprint density at radius 3 is 1.20 bits per heavy atom. The predicted molar refractivity (Wildman–Crippen MR) is 341 cm³/mol. The molecule has 10 heteroatoms. The van der Waals surface area contributed by atoms with E-state index in [9.17, 15) is 19.0 Å². The van der Waals surface area contributed by atoms with Crippen molar-refractivity contribution in [2.45, 2.75) is 315 Å². The van der Waals surface area contributed by atoms with Crippen LogP contribution in [0.15, 0.2) is 72.9 Å². The van der Waals surface area contributed by atoms with Crippen LogP contribution in [0, 0.1) is 0 Å². The number of nitrogens with one attached hydrogen (secondary N) is 1. The van der Waals surface area contributed by atoms with Gasteiger partial charge in [-0.1, -0.05) is 261 Å². The van der Waals surface area contributed by atoms with Gasteiger partial charge in [-0.3, -0.25) is 18.6 Å². The highest BCUT2D eigenvalue weighted by atomic mass is 31.2. The van der Waals surface area contributed by atoms with Crippen LogP contribution in [0.4, 0.5) is 0 Å². The second-order valence-electron chi connectivity index (χ2n) is 23.6. The van der Waals surface area contributed by atoms with Gasteiger partial charge >= 0.3 is 13.8 Å². The summed E-state index contributed by atoms with van der Waals surface area (Å²) in [5.74, 6) is -0.536. The SMILES string of the molecule is CCCCC/C=C\C/C=C\C/C=C\C/C=C\CCCCCC(=O)NC(COP(=O)(O)OCC[N+](C)(C)C)C(/C=C/CCCCCCCCCCC)OC(=O)CCCCCCCCCCCCCCC/C=C/CCCCCCCC. The summed E-state index contributed by atoms with van der Waals surface area (Å²) in [5.41, 5.74) is 0. The number of quaternary nitrogens is 1. The lowest BCUT2D eigenvalue weighted by Crippen LogP contribution is -2.47. The van der Waals surface area contributed by atoms with E-state index in [0.29, 0.717) is 23.9 Å². The molecule has 9 nitrogen and oxygen atoms in total. The number of hydrogen-bond donors (Lipinski definition) is 2. The van der Waals surface area contributed by atoms with Crippen molar-refractivity contribution < 1.29 is 37.3 Å². The van der Waals surface area contributed by atoms with Crippen LogP contribution in [0.5, 0.6) is 0 Å². The lowest BCUT2D eigenvalue weighted by atomic mass is 10.0. The molecule has 1 amide bonds. The molecule has 0 rings (SSSR count). The molecule has 0 saturated carbocycles. The van der Waals surface area contributed by atoms with Crippen LogP contribution in [0.25, 0.3) is 0 Å². The first-order valence-corrected chi connectivity index (χ1v) is 34.8. The minimum atomic E-state index is -4.46. The number of esters is 1. The van der Waals surface area contributed by atoms with E-state index in [2.05, 4.69) is 86.8 Å². The van der Waals surface area contributed by atoms with Gasteiger partial charge in [-0.05, 0) is 102 Å². The summed E-state index contributed by atoms with van der Waals surface area (Å²) in [6, 6.07) is -0.867. The molecule has 0 radical (unpaired) electrons. The first-order valence-electron chi connectivity index (χ1n) is 33.3. The van der Waals surface area contributed by atoms with Gasteiger partial charge in [0.15, 0.2) is 0 Å². The number of phosphoric ester groups is 1. The van der Waals surface area contributed by atoms with Gasteiger partial charge in [0.05, 0.1) is 33.8 Å². The Morgan fingerprint density at radius 2 is 0.772 bits per heavy atom. The molecule has 460 valence electrons. The van der Waals surface area contributed by atoms with Crippen molar-refractivity contribution in [1.82, 2.24) is 5.32 Å². The summed E-state index contributed by atoms with van der Waals surface area (Å²) in [7, 11) is 1.47. The molecular weight excluding hydrogens is 1000 g/mol. The van der Waals surface area contributed by atoms with Crippen LogP contribution >= 0.6 is 7.82 Å². The highest BCUT2D eigenvalue weighted by Crippen LogP contribution is 2.43. The molecule has 0 heterocycles. The van der Waals surface area contributed by atoms with Crippen molar-refractivity contribution in [2.75, 3.05) is 40.9 Å². The van der Waals surface area contributed by atoms with Crippen molar-refractivity contribution >= 4 is 19.7 Å². The van der Waals surface area contributed by atoms with E-state index in [-0.39, 0.29) is 31.5 Å². The van der Waals surface area contributed by atoms with E-state index < -0.39 is 20.0 Å². The summed E-state index contributed by atoms with van der Waals surface area (Å²) < 4.78 is 30.7. The number of nitrogens with zero attached hydrogens (tertiary/aromatic N) is 1. The Labute approximate surface area is 489 Å². The minimum absolute atomic E-state index is 0.0322. The average molecular weight is 1130 g/mol. The van der Waals surface area contributed by atoms with Crippen LogP contribution < -0.4 is 5.32 Å². The summed E-state index contributed by atoms with van der Waals surface area (Å²) in [6.45, 7) is 6.97. The normalized spacial score (nSPS) is 14.1. The summed E-state index contributed by atoms with van der Waals surface area (Å²) in [6.07, 6.45) is 76.2. The van der Waals surface area contributed by atoms with Crippen LogP contribution in [-0.4, -0.2) is 74.3 Å². The smallest absolute Gasteiger partial charge is 0.456 e. The van der Waals surface area contributed by atoms with Gasteiger partial charge in [-0.25, -0.2) is 4.57 Å². The van der Waals surface area contributed by atoms with E-state index in [1.54, 1.807) is 0 Å². The maximum atomic E-state index is 13.5. The first kappa shape index (κ1) is 76.5. The molecule has 0 fully saturated rings. The van der Waals surface area contributed by atoms with Gasteiger partial charge < -0.3 is 19.4 Å². The first-order chi connectivity index (χ1) is 38.4. The molecule has 0 saturated heterocycles. The molecule has 0 aliphatic carbocycles. The predicted octanol–water partition coefficient (Wildman–Crippen LogP) is 20.8. The fourth-order valence-electron chi connectivity index (χ4n) is 9.45. The Morgan fingerprint density at radius 1 is 0.443 bits per heavy atom. The van der Waals surface area contributed by atoms with E-state index in [0.717, 1.165) is 77.0 Å². The van der Waals surface area contributed by atoms with Gasteiger partial charge in [0.2, 0.25) is 5.91 Å².